The molecule has 3 rings (SSSR count). The SMILES string of the molecule is CNc1nc(N)nc2c1N=CC2[C@@H]1O[C@H](COP(=O)(OCOC(=O)C(C)(C)C)OCOC(=O)C(C)(C)C)[C@@H](OC(=O)[C@@H](N)C(C)C)[C@@]1(C)F. The van der Waals surface area contributed by atoms with Gasteiger partial charge in [0.15, 0.2) is 17.6 Å². The Morgan fingerprint density at radius 3 is 2.08 bits per heavy atom. The maximum absolute atomic E-state index is 17.0. The number of alkyl halides is 1. The van der Waals surface area contributed by atoms with Crippen LogP contribution in [0.1, 0.15) is 73.9 Å². The van der Waals surface area contributed by atoms with E-state index in [9.17, 15) is 18.9 Å². The van der Waals surface area contributed by atoms with E-state index >= 15 is 4.39 Å². The number of hydrogen-bond donors (Lipinski definition) is 3. The van der Waals surface area contributed by atoms with Crippen molar-refractivity contribution in [2.24, 2.45) is 27.5 Å². The molecule has 1 aromatic heterocycles. The fourth-order valence-corrected chi connectivity index (χ4v) is 5.53. The van der Waals surface area contributed by atoms with Crippen LogP contribution in [-0.2, 0) is 51.5 Å². The van der Waals surface area contributed by atoms with Crippen LogP contribution in [0.5, 0.6) is 0 Å². The molecule has 1 fully saturated rings. The number of nitrogens with two attached hydrogens (primary N) is 2. The molecule has 2 aliphatic heterocycles. The van der Waals surface area contributed by atoms with Gasteiger partial charge in [-0.2, -0.15) is 4.98 Å². The van der Waals surface area contributed by atoms with Crippen LogP contribution in [0.3, 0.4) is 0 Å². The summed E-state index contributed by atoms with van der Waals surface area (Å²) in [6, 6.07) is -1.11. The predicted molar refractivity (Wildman–Crippen MR) is 174 cm³/mol. The number of hydrogen-bond acceptors (Lipinski definition) is 17. The number of aromatic nitrogens is 2. The van der Waals surface area contributed by atoms with Crippen LogP contribution >= 0.6 is 7.82 Å². The van der Waals surface area contributed by atoms with Crippen molar-refractivity contribution in [2.45, 2.75) is 98.3 Å². The molecule has 1 aromatic rings. The number of esters is 3. The Hall–Kier alpha value is -3.28. The molecule has 17 nitrogen and oxygen atoms in total. The lowest BCUT2D eigenvalue weighted by atomic mass is 9.85. The Bertz CT molecular complexity index is 1430. The van der Waals surface area contributed by atoms with Crippen LogP contribution in [0, 0.1) is 16.7 Å². The van der Waals surface area contributed by atoms with Crippen LogP contribution < -0.4 is 16.8 Å². The molecule has 0 amide bonds. The summed E-state index contributed by atoms with van der Waals surface area (Å²) in [4.78, 5) is 50.3. The minimum atomic E-state index is -4.74. The number of nitrogens with one attached hydrogen (secondary N) is 1. The minimum absolute atomic E-state index is 0.0996. The third-order valence-electron chi connectivity index (χ3n) is 7.60. The summed E-state index contributed by atoms with van der Waals surface area (Å²) >= 11 is 0. The van der Waals surface area contributed by atoms with E-state index in [1.54, 1.807) is 62.4 Å². The topological polar surface area (TPSA) is 235 Å². The van der Waals surface area contributed by atoms with Crippen molar-refractivity contribution >= 4 is 49.4 Å². The standard InChI is InChI=1S/C30H48FN6O11P/c1-15(2)18(32)24(38)48-22-17(47-21(30(22,9)31)16-11-35-20-19(16)36-27(33)37-23(20)34-10)12-44-49(41,45-13-42-25(39)28(3,4)5)46-14-43-26(40)29(6,7)8/h11,15-18,21-22H,12-14,32H2,1-10H3,(H3,33,34,36,37)/t16?,17-,18+,21+,22-,30+/m1/s1. The Balaban J connectivity index is 1.91. The summed E-state index contributed by atoms with van der Waals surface area (Å²) in [6.07, 6.45) is -3.08. The first-order valence-corrected chi connectivity index (χ1v) is 17.1. The second kappa shape index (κ2) is 15.3. The molecule has 0 aliphatic carbocycles. The summed E-state index contributed by atoms with van der Waals surface area (Å²) in [6.45, 7) is 11.6. The van der Waals surface area contributed by atoms with Gasteiger partial charge in [0.05, 0.1) is 29.0 Å². The fourth-order valence-electron chi connectivity index (χ4n) is 4.62. The first kappa shape index (κ1) is 40.2. The van der Waals surface area contributed by atoms with Crippen LogP contribution in [-0.4, -0.2) is 91.4 Å². The molecule has 49 heavy (non-hydrogen) atoms. The van der Waals surface area contributed by atoms with Crippen molar-refractivity contribution in [3.8, 4) is 0 Å². The average Bonchev–Trinajstić information content (AvgIpc) is 3.51. The lowest BCUT2D eigenvalue weighted by Crippen LogP contribution is -2.49. The monoisotopic (exact) mass is 718 g/mol. The molecule has 0 saturated carbocycles. The molecular weight excluding hydrogens is 670 g/mol. The predicted octanol–water partition coefficient (Wildman–Crippen LogP) is 3.54. The van der Waals surface area contributed by atoms with E-state index in [0.29, 0.717) is 11.5 Å². The maximum atomic E-state index is 17.0. The summed E-state index contributed by atoms with van der Waals surface area (Å²) in [5, 5.41) is 2.86. The van der Waals surface area contributed by atoms with Gasteiger partial charge in [-0.25, -0.2) is 23.0 Å². The van der Waals surface area contributed by atoms with E-state index in [1.807, 2.05) is 0 Å². The Morgan fingerprint density at radius 2 is 1.59 bits per heavy atom. The Morgan fingerprint density at radius 1 is 1.04 bits per heavy atom. The number of rotatable bonds is 14. The second-order valence-corrected chi connectivity index (χ2v) is 15.9. The zero-order chi connectivity index (χ0) is 37.1. The Labute approximate surface area is 284 Å². The second-order valence-electron chi connectivity index (χ2n) is 14.2. The number of phosphoric acid groups is 1. The molecule has 0 radical (unpaired) electrons. The van der Waals surface area contributed by atoms with Crippen LogP contribution in [0.2, 0.25) is 0 Å². The highest BCUT2D eigenvalue weighted by atomic mass is 31.2. The molecule has 1 saturated heterocycles. The number of phosphoric ester groups is 1. The van der Waals surface area contributed by atoms with Gasteiger partial charge in [-0.05, 0) is 54.4 Å². The molecular formula is C30H48FN6O11P. The smallest absolute Gasteiger partial charge is 0.455 e. The van der Waals surface area contributed by atoms with E-state index in [0.717, 1.165) is 6.92 Å². The number of ether oxygens (including phenoxy) is 4. The van der Waals surface area contributed by atoms with E-state index in [1.165, 1.54) is 6.21 Å². The third-order valence-corrected chi connectivity index (χ3v) is 8.91. The van der Waals surface area contributed by atoms with Crippen LogP contribution in [0.25, 0.3) is 0 Å². The zero-order valence-electron chi connectivity index (χ0n) is 29.5. The van der Waals surface area contributed by atoms with E-state index in [2.05, 4.69) is 20.3 Å². The van der Waals surface area contributed by atoms with E-state index in [4.69, 9.17) is 44.0 Å². The van der Waals surface area contributed by atoms with E-state index in [-0.39, 0.29) is 17.6 Å². The van der Waals surface area contributed by atoms with Crippen molar-refractivity contribution in [2.75, 3.05) is 38.3 Å². The van der Waals surface area contributed by atoms with Crippen molar-refractivity contribution in [3.05, 3.63) is 5.69 Å². The first-order chi connectivity index (χ1) is 22.5. The van der Waals surface area contributed by atoms with Crippen molar-refractivity contribution in [1.82, 2.24) is 9.97 Å². The number of carbonyl (C=O) groups is 3. The van der Waals surface area contributed by atoms with Gasteiger partial charge in [0.2, 0.25) is 19.5 Å². The van der Waals surface area contributed by atoms with Gasteiger partial charge >= 0.3 is 25.7 Å². The molecule has 19 heteroatoms. The Kier molecular flexibility index (Phi) is 12.5. The molecule has 0 spiro atoms. The molecule has 5 N–H and O–H groups in total. The van der Waals surface area contributed by atoms with Gasteiger partial charge in [-0.1, -0.05) is 13.8 Å². The molecule has 0 aromatic carbocycles. The van der Waals surface area contributed by atoms with Crippen molar-refractivity contribution in [3.63, 3.8) is 0 Å². The van der Waals surface area contributed by atoms with Crippen LogP contribution in [0.15, 0.2) is 4.99 Å². The van der Waals surface area contributed by atoms with Crippen LogP contribution in [0.4, 0.5) is 21.8 Å². The maximum Gasteiger partial charge on any atom is 0.480 e. The molecule has 2 aliphatic rings. The summed E-state index contributed by atoms with van der Waals surface area (Å²) in [5.41, 5.74) is 8.21. The average molecular weight is 719 g/mol. The van der Waals surface area contributed by atoms with Gasteiger partial charge in [0, 0.05) is 13.3 Å². The van der Waals surface area contributed by atoms with Crippen molar-refractivity contribution < 1.29 is 55.9 Å². The molecule has 3 heterocycles. The number of halogens is 1. The quantitative estimate of drug-likeness (QED) is 0.108. The molecule has 276 valence electrons. The number of carbonyl (C=O) groups excluding carboxylic acids is 3. The summed E-state index contributed by atoms with van der Waals surface area (Å²) in [7, 11) is -3.13. The van der Waals surface area contributed by atoms with E-state index < -0.39 is 92.7 Å². The summed E-state index contributed by atoms with van der Waals surface area (Å²) in [5.74, 6) is -3.37. The zero-order valence-corrected chi connectivity index (χ0v) is 30.4. The van der Waals surface area contributed by atoms with Gasteiger partial charge < -0.3 is 35.7 Å². The highest BCUT2D eigenvalue weighted by Gasteiger charge is 2.61. The number of nitrogens with zero attached hydrogens (tertiary/aromatic N) is 3. The molecule has 6 atom stereocenters. The first-order valence-electron chi connectivity index (χ1n) is 15.6. The summed E-state index contributed by atoms with van der Waals surface area (Å²) < 4.78 is 68.5. The van der Waals surface area contributed by atoms with Gasteiger partial charge in [-0.3, -0.25) is 23.9 Å². The van der Waals surface area contributed by atoms with Crippen molar-refractivity contribution in [1.29, 1.82) is 0 Å². The van der Waals surface area contributed by atoms with Gasteiger partial charge in [0.25, 0.3) is 0 Å². The number of nitrogen functional groups attached to an aromatic ring is 1. The minimum Gasteiger partial charge on any atom is -0.455 e. The molecule has 0 bridgehead atoms. The lowest BCUT2D eigenvalue weighted by Gasteiger charge is -2.30. The largest absolute Gasteiger partial charge is 0.480 e. The highest BCUT2D eigenvalue weighted by molar-refractivity contribution is 7.48. The normalized spacial score (nSPS) is 24.4. The third kappa shape index (κ3) is 9.70. The molecule has 1 unspecified atom stereocenters. The number of anilines is 2. The number of aliphatic imine (C=N–C) groups is 1. The van der Waals surface area contributed by atoms with Gasteiger partial charge in [0.1, 0.15) is 23.9 Å². The van der Waals surface area contributed by atoms with Gasteiger partial charge in [-0.15, -0.1) is 0 Å². The lowest BCUT2D eigenvalue weighted by molar-refractivity contribution is -0.164. The highest BCUT2D eigenvalue weighted by Crippen LogP contribution is 2.52. The number of fused-ring (bicyclic) bond motifs is 1. The fraction of sp³-hybridized carbons (Fsp3) is 0.733.